The quantitative estimate of drug-likeness (QED) is 0.508. The van der Waals surface area contributed by atoms with Crippen LogP contribution in [0, 0.1) is 0 Å². The van der Waals surface area contributed by atoms with Gasteiger partial charge in [-0.15, -0.1) is 24.8 Å². The Bertz CT molecular complexity index is 836. The van der Waals surface area contributed by atoms with Gasteiger partial charge in [0, 0.05) is 38.6 Å². The summed E-state index contributed by atoms with van der Waals surface area (Å²) in [5.74, 6) is 0.114. The summed E-state index contributed by atoms with van der Waals surface area (Å²) >= 11 is 12.4. The van der Waals surface area contributed by atoms with Crippen LogP contribution in [-0.4, -0.2) is 48.3 Å². The number of hydrogen-bond acceptors (Lipinski definition) is 3. The molecule has 3 nitrogen and oxygen atoms in total. The molecular formula is C24H32Cl4N2O. The second kappa shape index (κ2) is 12.1. The summed E-state index contributed by atoms with van der Waals surface area (Å²) in [4.78, 5) is 2.50. The largest absolute Gasteiger partial charge is 0.389 e. The average molecular weight is 506 g/mol. The fraction of sp³-hybridized carbons (Fsp3) is 0.500. The van der Waals surface area contributed by atoms with Crippen molar-refractivity contribution in [1.82, 2.24) is 10.2 Å². The van der Waals surface area contributed by atoms with Crippen molar-refractivity contribution in [2.24, 2.45) is 0 Å². The monoisotopic (exact) mass is 504 g/mol. The first-order valence-electron chi connectivity index (χ1n) is 10.8. The summed E-state index contributed by atoms with van der Waals surface area (Å²) < 4.78 is 0. The van der Waals surface area contributed by atoms with Gasteiger partial charge < -0.3 is 15.3 Å². The van der Waals surface area contributed by atoms with Crippen molar-refractivity contribution in [1.29, 1.82) is 0 Å². The van der Waals surface area contributed by atoms with Crippen LogP contribution < -0.4 is 5.32 Å². The molecule has 2 aromatic rings. The first-order valence-corrected chi connectivity index (χ1v) is 11.5. The highest BCUT2D eigenvalue weighted by atomic mass is 35.5. The molecule has 2 aliphatic rings. The molecule has 0 amide bonds. The molecule has 7 heteroatoms. The van der Waals surface area contributed by atoms with Crippen LogP contribution in [-0.2, 0) is 0 Å². The van der Waals surface area contributed by atoms with Crippen LogP contribution in [0.15, 0.2) is 42.5 Å². The number of hydrogen-bond donors (Lipinski definition) is 2. The maximum Gasteiger partial charge on any atom is 0.0728 e. The topological polar surface area (TPSA) is 35.5 Å². The zero-order valence-electron chi connectivity index (χ0n) is 17.7. The highest BCUT2D eigenvalue weighted by Crippen LogP contribution is 2.41. The number of nitrogens with zero attached hydrogens (tertiary/aromatic N) is 1. The van der Waals surface area contributed by atoms with Crippen LogP contribution in [0.4, 0.5) is 0 Å². The summed E-state index contributed by atoms with van der Waals surface area (Å²) in [7, 11) is 0. The molecule has 2 fully saturated rings. The molecule has 172 valence electrons. The van der Waals surface area contributed by atoms with Gasteiger partial charge in [0.25, 0.3) is 0 Å². The van der Waals surface area contributed by atoms with Crippen LogP contribution in [0.5, 0.6) is 0 Å². The Morgan fingerprint density at radius 3 is 2.26 bits per heavy atom. The molecule has 1 saturated heterocycles. The third kappa shape index (κ3) is 6.51. The first kappa shape index (κ1) is 26.7. The fourth-order valence-electron chi connectivity index (χ4n) is 4.86. The van der Waals surface area contributed by atoms with E-state index in [1.165, 1.54) is 12.0 Å². The smallest absolute Gasteiger partial charge is 0.0728 e. The van der Waals surface area contributed by atoms with Crippen molar-refractivity contribution in [3.05, 3.63) is 58.1 Å². The van der Waals surface area contributed by atoms with E-state index in [-0.39, 0.29) is 30.7 Å². The maximum absolute atomic E-state index is 11.7. The molecule has 0 spiro atoms. The van der Waals surface area contributed by atoms with Crippen LogP contribution >= 0.6 is 48.0 Å². The Balaban J connectivity index is 0.00000171. The van der Waals surface area contributed by atoms with Gasteiger partial charge in [0.05, 0.1) is 15.6 Å². The van der Waals surface area contributed by atoms with Crippen LogP contribution in [0.3, 0.4) is 0 Å². The molecule has 1 aliphatic heterocycles. The van der Waals surface area contributed by atoms with Gasteiger partial charge in [0.15, 0.2) is 0 Å². The Kier molecular flexibility index (Phi) is 10.4. The van der Waals surface area contributed by atoms with Gasteiger partial charge in [-0.25, -0.2) is 0 Å². The molecule has 1 saturated carbocycles. The highest BCUT2D eigenvalue weighted by Gasteiger charge is 2.39. The molecule has 2 aromatic carbocycles. The number of benzene rings is 2. The van der Waals surface area contributed by atoms with Gasteiger partial charge in [-0.2, -0.15) is 0 Å². The zero-order valence-corrected chi connectivity index (χ0v) is 20.8. The van der Waals surface area contributed by atoms with E-state index in [0.717, 1.165) is 69.5 Å². The number of nitrogens with one attached hydrogen (secondary N) is 1. The average Bonchev–Trinajstić information content (AvgIpc) is 2.75. The van der Waals surface area contributed by atoms with E-state index in [9.17, 15) is 5.11 Å². The highest BCUT2D eigenvalue weighted by molar-refractivity contribution is 6.42. The molecule has 1 aliphatic carbocycles. The summed E-state index contributed by atoms with van der Waals surface area (Å²) in [6.07, 6.45) is 5.23. The molecule has 31 heavy (non-hydrogen) atoms. The van der Waals surface area contributed by atoms with Crippen LogP contribution in [0.25, 0.3) is 11.1 Å². The Labute approximate surface area is 208 Å². The SMILES string of the molecule is Cl.Cl.OC1(C(CN2CCNCC2)c2cccc(-c3ccc(Cl)c(Cl)c3)c2)CCCCC1. The third-order valence-corrected chi connectivity index (χ3v) is 7.30. The number of piperazine rings is 1. The number of halogens is 4. The van der Waals surface area contributed by atoms with Crippen LogP contribution in [0.1, 0.15) is 43.6 Å². The number of rotatable bonds is 5. The normalized spacial score (nSPS) is 19.7. The second-order valence-electron chi connectivity index (χ2n) is 8.52. The molecule has 1 atom stereocenters. The van der Waals surface area contributed by atoms with E-state index >= 15 is 0 Å². The van der Waals surface area contributed by atoms with Crippen molar-refractivity contribution in [2.75, 3.05) is 32.7 Å². The van der Waals surface area contributed by atoms with Crippen molar-refractivity contribution in [3.63, 3.8) is 0 Å². The molecule has 4 rings (SSSR count). The van der Waals surface area contributed by atoms with Gasteiger partial charge in [0.2, 0.25) is 0 Å². The predicted molar refractivity (Wildman–Crippen MR) is 136 cm³/mol. The lowest BCUT2D eigenvalue weighted by molar-refractivity contribution is -0.0316. The van der Waals surface area contributed by atoms with Crippen LogP contribution in [0.2, 0.25) is 10.0 Å². The lowest BCUT2D eigenvalue weighted by Crippen LogP contribution is -2.49. The summed E-state index contributed by atoms with van der Waals surface area (Å²) in [5.41, 5.74) is 2.76. The summed E-state index contributed by atoms with van der Waals surface area (Å²) in [6.45, 7) is 5.03. The molecule has 1 heterocycles. The van der Waals surface area contributed by atoms with Crippen molar-refractivity contribution in [3.8, 4) is 11.1 Å². The van der Waals surface area contributed by atoms with E-state index in [4.69, 9.17) is 23.2 Å². The van der Waals surface area contributed by atoms with Gasteiger partial charge in [-0.3, -0.25) is 0 Å². The van der Waals surface area contributed by atoms with E-state index in [1.54, 1.807) is 0 Å². The van der Waals surface area contributed by atoms with Gasteiger partial charge in [-0.1, -0.05) is 72.8 Å². The van der Waals surface area contributed by atoms with Gasteiger partial charge >= 0.3 is 0 Å². The standard InChI is InChI=1S/C24H30Cl2N2O.2ClH/c25-22-8-7-19(16-23(22)26)18-5-4-6-20(15-18)21(17-28-13-11-27-12-14-28)24(29)9-2-1-3-10-24;;/h4-8,15-16,21,27,29H,1-3,9-14,17H2;2*1H. The lowest BCUT2D eigenvalue weighted by Gasteiger charge is -2.42. The second-order valence-corrected chi connectivity index (χ2v) is 9.34. The molecule has 0 bridgehead atoms. The molecular weight excluding hydrogens is 474 g/mol. The van der Waals surface area contributed by atoms with E-state index < -0.39 is 5.60 Å². The van der Waals surface area contributed by atoms with Gasteiger partial charge in [0.1, 0.15) is 0 Å². The molecule has 1 unspecified atom stereocenters. The zero-order chi connectivity index (χ0) is 20.3. The Hall–Kier alpha value is -0.520. The summed E-state index contributed by atoms with van der Waals surface area (Å²) in [6, 6.07) is 14.4. The minimum atomic E-state index is -0.626. The molecule has 0 radical (unpaired) electrons. The Morgan fingerprint density at radius 1 is 0.903 bits per heavy atom. The minimum Gasteiger partial charge on any atom is -0.389 e. The minimum absolute atomic E-state index is 0. The summed E-state index contributed by atoms with van der Waals surface area (Å²) in [5, 5.41) is 16.2. The predicted octanol–water partition coefficient (Wildman–Crippen LogP) is 6.19. The third-order valence-electron chi connectivity index (χ3n) is 6.56. The lowest BCUT2D eigenvalue weighted by atomic mass is 9.72. The fourth-order valence-corrected chi connectivity index (χ4v) is 5.16. The Morgan fingerprint density at radius 2 is 1.58 bits per heavy atom. The molecule has 0 aromatic heterocycles. The van der Waals surface area contributed by atoms with E-state index in [0.29, 0.717) is 10.0 Å². The maximum atomic E-state index is 11.7. The molecule has 2 N–H and O–H groups in total. The van der Waals surface area contributed by atoms with E-state index in [2.05, 4.69) is 34.5 Å². The van der Waals surface area contributed by atoms with Crippen molar-refractivity contribution in [2.45, 2.75) is 43.6 Å². The van der Waals surface area contributed by atoms with Gasteiger partial charge in [-0.05, 0) is 41.7 Å². The van der Waals surface area contributed by atoms with E-state index in [1.807, 2.05) is 18.2 Å². The van der Waals surface area contributed by atoms with Crippen molar-refractivity contribution < 1.29 is 5.11 Å². The number of aliphatic hydroxyl groups is 1. The van der Waals surface area contributed by atoms with Crippen molar-refractivity contribution >= 4 is 48.0 Å². The first-order chi connectivity index (χ1) is 14.0.